The molecule has 0 N–H and O–H groups in total. The molecule has 0 aromatic carbocycles. The summed E-state index contributed by atoms with van der Waals surface area (Å²) >= 11 is 0. The molecule has 96 valence electrons. The Morgan fingerprint density at radius 2 is 1.12 bits per heavy atom. The van der Waals surface area contributed by atoms with Gasteiger partial charge in [-0.1, -0.05) is 24.9 Å². The molecule has 1 nitrogen and oxygen atoms in total. The van der Waals surface area contributed by atoms with Crippen LogP contribution in [0.2, 0.25) is 26.2 Å². The number of hydrogen-bond donors (Lipinski definition) is 0. The predicted octanol–water partition coefficient (Wildman–Crippen LogP) is 4.10. The molecule has 0 heterocycles. The van der Waals surface area contributed by atoms with Gasteiger partial charge in [0, 0.05) is 12.8 Å². The van der Waals surface area contributed by atoms with Crippen molar-refractivity contribution in [1.82, 2.24) is 0 Å². The van der Waals surface area contributed by atoms with E-state index < -0.39 is 16.6 Å². The van der Waals surface area contributed by atoms with E-state index in [0.717, 1.165) is 25.7 Å². The SMILES string of the molecule is CCCC#C[Si](C)(C)O[Si](C)(C)C#CCCC. The Kier molecular flexibility index (Phi) is 7.54. The van der Waals surface area contributed by atoms with Crippen molar-refractivity contribution in [2.24, 2.45) is 0 Å². The molecule has 0 aliphatic carbocycles. The molecule has 0 amide bonds. The summed E-state index contributed by atoms with van der Waals surface area (Å²) in [6.07, 6.45) is 4.19. The Morgan fingerprint density at radius 1 is 0.765 bits per heavy atom. The van der Waals surface area contributed by atoms with Crippen LogP contribution in [0, 0.1) is 22.9 Å². The first-order chi connectivity index (χ1) is 7.83. The lowest BCUT2D eigenvalue weighted by molar-refractivity contribution is 0.576. The van der Waals surface area contributed by atoms with Crippen LogP contribution in [0.4, 0.5) is 0 Å². The predicted molar refractivity (Wildman–Crippen MR) is 81.4 cm³/mol. The second-order valence-corrected chi connectivity index (χ2v) is 12.6. The second kappa shape index (κ2) is 7.77. The first kappa shape index (κ1) is 16.5. The lowest BCUT2D eigenvalue weighted by atomic mass is 10.4. The van der Waals surface area contributed by atoms with Gasteiger partial charge in [0.25, 0.3) is 16.6 Å². The highest BCUT2D eigenvalue weighted by Crippen LogP contribution is 2.13. The van der Waals surface area contributed by atoms with Crippen molar-refractivity contribution >= 4 is 16.6 Å². The van der Waals surface area contributed by atoms with Gasteiger partial charge >= 0.3 is 0 Å². The molecule has 0 aromatic rings. The van der Waals surface area contributed by atoms with Gasteiger partial charge in [-0.05, 0) is 39.0 Å². The summed E-state index contributed by atoms with van der Waals surface area (Å²) in [6, 6.07) is 0. The largest absolute Gasteiger partial charge is 0.438 e. The molecule has 0 rings (SSSR count). The van der Waals surface area contributed by atoms with E-state index in [9.17, 15) is 0 Å². The second-order valence-electron chi connectivity index (χ2n) is 5.23. The maximum Gasteiger partial charge on any atom is 0.256 e. The van der Waals surface area contributed by atoms with Crippen LogP contribution in [0.3, 0.4) is 0 Å². The molecule has 17 heavy (non-hydrogen) atoms. The minimum absolute atomic E-state index is 0.975. The van der Waals surface area contributed by atoms with Crippen molar-refractivity contribution < 1.29 is 4.12 Å². The Hall–Kier alpha value is -0.486. The quantitative estimate of drug-likeness (QED) is 0.550. The summed E-state index contributed by atoms with van der Waals surface area (Å²) in [4.78, 5) is 0. The topological polar surface area (TPSA) is 9.23 Å². The zero-order valence-electron chi connectivity index (χ0n) is 12.2. The number of hydrogen-bond acceptors (Lipinski definition) is 1. The van der Waals surface area contributed by atoms with E-state index in [4.69, 9.17) is 4.12 Å². The van der Waals surface area contributed by atoms with Crippen molar-refractivity contribution in [3.05, 3.63) is 0 Å². The van der Waals surface area contributed by atoms with Crippen molar-refractivity contribution in [2.75, 3.05) is 0 Å². The molecule has 0 unspecified atom stereocenters. The summed E-state index contributed by atoms with van der Waals surface area (Å²) in [5, 5.41) is 0. The van der Waals surface area contributed by atoms with Gasteiger partial charge in [0.2, 0.25) is 0 Å². The van der Waals surface area contributed by atoms with Gasteiger partial charge in [-0.2, -0.15) is 0 Å². The standard InChI is InChI=1S/C14H26OSi2/c1-7-9-11-13-16(3,4)15-17(5,6)14-12-10-8-2/h7-10H2,1-6H3. The van der Waals surface area contributed by atoms with Crippen molar-refractivity contribution in [3.63, 3.8) is 0 Å². The van der Waals surface area contributed by atoms with Crippen LogP contribution in [-0.2, 0) is 4.12 Å². The van der Waals surface area contributed by atoms with Gasteiger partial charge < -0.3 is 4.12 Å². The smallest absolute Gasteiger partial charge is 0.256 e. The highest BCUT2D eigenvalue weighted by Gasteiger charge is 2.30. The molecule has 0 radical (unpaired) electrons. The van der Waals surface area contributed by atoms with Crippen molar-refractivity contribution in [2.45, 2.75) is 65.7 Å². The summed E-state index contributed by atoms with van der Waals surface area (Å²) < 4.78 is 6.25. The summed E-state index contributed by atoms with van der Waals surface area (Å²) in [6.45, 7) is 13.0. The molecule has 0 aromatic heterocycles. The highest BCUT2D eigenvalue weighted by atomic mass is 28.4. The Bertz CT molecular complexity index is 303. The van der Waals surface area contributed by atoms with Crippen LogP contribution in [0.1, 0.15) is 39.5 Å². The molecule has 0 fully saturated rings. The first-order valence-electron chi connectivity index (χ1n) is 6.53. The molecule has 0 atom stereocenters. The Labute approximate surface area is 110 Å². The van der Waals surface area contributed by atoms with Crippen LogP contribution in [0.5, 0.6) is 0 Å². The molecule has 0 saturated carbocycles. The van der Waals surface area contributed by atoms with E-state index in [1.807, 2.05) is 0 Å². The van der Waals surface area contributed by atoms with E-state index in [-0.39, 0.29) is 0 Å². The summed E-state index contributed by atoms with van der Waals surface area (Å²) in [7, 11) is -3.68. The van der Waals surface area contributed by atoms with Gasteiger partial charge in [-0.3, -0.25) is 0 Å². The minimum Gasteiger partial charge on any atom is -0.438 e. The van der Waals surface area contributed by atoms with E-state index >= 15 is 0 Å². The average Bonchev–Trinajstić information content (AvgIpc) is 2.16. The molecule has 0 spiro atoms. The van der Waals surface area contributed by atoms with Crippen LogP contribution >= 0.6 is 0 Å². The van der Waals surface area contributed by atoms with E-state index in [2.05, 4.69) is 63.0 Å². The zero-order valence-corrected chi connectivity index (χ0v) is 14.2. The van der Waals surface area contributed by atoms with Gasteiger partial charge in [-0.25, -0.2) is 0 Å². The molecular weight excluding hydrogens is 240 g/mol. The fraction of sp³-hybridized carbons (Fsp3) is 0.714. The normalized spacial score (nSPS) is 11.2. The molecule has 0 aliphatic rings. The Balaban J connectivity index is 4.50. The molecule has 0 bridgehead atoms. The Morgan fingerprint density at radius 3 is 1.41 bits per heavy atom. The van der Waals surface area contributed by atoms with E-state index in [1.54, 1.807) is 0 Å². The monoisotopic (exact) mass is 266 g/mol. The van der Waals surface area contributed by atoms with Crippen LogP contribution in [0.25, 0.3) is 0 Å². The fourth-order valence-corrected chi connectivity index (χ4v) is 8.10. The highest BCUT2D eigenvalue weighted by molar-refractivity contribution is 6.92. The van der Waals surface area contributed by atoms with Crippen molar-refractivity contribution in [3.8, 4) is 22.9 Å². The van der Waals surface area contributed by atoms with E-state index in [0.29, 0.717) is 0 Å². The molecule has 0 aliphatic heterocycles. The third kappa shape index (κ3) is 9.24. The molecule has 0 saturated heterocycles. The maximum absolute atomic E-state index is 6.25. The molecular formula is C14H26OSi2. The van der Waals surface area contributed by atoms with Crippen LogP contribution in [0.15, 0.2) is 0 Å². The number of unbranched alkanes of at least 4 members (excludes halogenated alkanes) is 2. The van der Waals surface area contributed by atoms with Gasteiger partial charge in [-0.15, -0.1) is 11.8 Å². The third-order valence-corrected chi connectivity index (χ3v) is 7.68. The lowest BCUT2D eigenvalue weighted by Crippen LogP contribution is -2.43. The van der Waals surface area contributed by atoms with Gasteiger partial charge in [0.05, 0.1) is 0 Å². The molecule has 3 heteroatoms. The maximum atomic E-state index is 6.25. The fourth-order valence-electron chi connectivity index (χ4n) is 1.49. The zero-order chi connectivity index (χ0) is 13.4. The van der Waals surface area contributed by atoms with Gasteiger partial charge in [0.1, 0.15) is 0 Å². The van der Waals surface area contributed by atoms with Crippen LogP contribution in [-0.4, -0.2) is 16.6 Å². The summed E-state index contributed by atoms with van der Waals surface area (Å²) in [5.41, 5.74) is 6.68. The van der Waals surface area contributed by atoms with Crippen molar-refractivity contribution in [1.29, 1.82) is 0 Å². The minimum atomic E-state index is -1.84. The van der Waals surface area contributed by atoms with Crippen LogP contribution < -0.4 is 0 Å². The third-order valence-electron chi connectivity index (χ3n) is 2.04. The lowest BCUT2D eigenvalue weighted by Gasteiger charge is -2.26. The van der Waals surface area contributed by atoms with E-state index in [1.165, 1.54) is 0 Å². The first-order valence-corrected chi connectivity index (χ1v) is 12.3. The number of rotatable bonds is 4. The van der Waals surface area contributed by atoms with Gasteiger partial charge in [0.15, 0.2) is 0 Å². The summed E-state index contributed by atoms with van der Waals surface area (Å²) in [5.74, 6) is 6.45. The average molecular weight is 267 g/mol.